The molecule has 1 aromatic carbocycles. The molecule has 122 valence electrons. The van der Waals surface area contributed by atoms with E-state index in [2.05, 4.69) is 10.3 Å². The molecule has 0 atom stereocenters. The van der Waals surface area contributed by atoms with Gasteiger partial charge in [-0.25, -0.2) is 9.48 Å². The van der Waals surface area contributed by atoms with Crippen molar-refractivity contribution in [2.24, 2.45) is 0 Å². The van der Waals surface area contributed by atoms with E-state index in [4.69, 9.17) is 9.84 Å². The second kappa shape index (κ2) is 7.53. The summed E-state index contributed by atoms with van der Waals surface area (Å²) >= 11 is 0. The summed E-state index contributed by atoms with van der Waals surface area (Å²) in [4.78, 5) is 22.4. The van der Waals surface area contributed by atoms with Crippen LogP contribution < -0.4 is 0 Å². The number of aliphatic carboxylic acids is 1. The highest BCUT2D eigenvalue weighted by Gasteiger charge is 2.12. The van der Waals surface area contributed by atoms with E-state index in [1.165, 1.54) is 0 Å². The maximum Gasteiger partial charge on any atom is 0.338 e. The monoisotopic (exact) mass is 317 g/mol. The van der Waals surface area contributed by atoms with Crippen molar-refractivity contribution in [3.63, 3.8) is 0 Å². The highest BCUT2D eigenvalue weighted by Crippen LogP contribution is 2.15. The maximum absolute atomic E-state index is 11.8. The largest absolute Gasteiger partial charge is 0.481 e. The van der Waals surface area contributed by atoms with Crippen LogP contribution in [-0.2, 0) is 16.0 Å². The highest BCUT2D eigenvalue weighted by atomic mass is 16.5. The Labute approximate surface area is 133 Å². The van der Waals surface area contributed by atoms with Gasteiger partial charge in [-0.15, -0.1) is 5.10 Å². The van der Waals surface area contributed by atoms with E-state index < -0.39 is 5.97 Å². The Balaban J connectivity index is 2.13. The van der Waals surface area contributed by atoms with Crippen molar-refractivity contribution >= 4 is 11.9 Å². The van der Waals surface area contributed by atoms with Crippen LogP contribution in [0.2, 0.25) is 0 Å². The molecule has 7 nitrogen and oxygen atoms in total. The lowest BCUT2D eigenvalue weighted by Gasteiger charge is -2.06. The molecular formula is C16H19N3O4. The molecule has 0 aliphatic rings. The van der Waals surface area contributed by atoms with Gasteiger partial charge in [-0.1, -0.05) is 12.1 Å². The standard InChI is InChI=1S/C16H19N3O4/c1-3-10-23-16(22)12-4-6-13(7-5-12)19-11(2)14(17-18-19)8-9-15(20)21/h4-7H,3,8-10H2,1-2H3,(H,20,21). The van der Waals surface area contributed by atoms with E-state index in [0.29, 0.717) is 24.3 Å². The number of rotatable bonds is 7. The second-order valence-corrected chi connectivity index (χ2v) is 5.11. The van der Waals surface area contributed by atoms with Crippen LogP contribution in [0.4, 0.5) is 0 Å². The third-order valence-corrected chi connectivity index (χ3v) is 3.35. The Morgan fingerprint density at radius 1 is 1.26 bits per heavy atom. The lowest BCUT2D eigenvalue weighted by molar-refractivity contribution is -0.136. The van der Waals surface area contributed by atoms with Gasteiger partial charge in [0.15, 0.2) is 0 Å². The van der Waals surface area contributed by atoms with E-state index in [0.717, 1.165) is 17.8 Å². The number of hydrogen-bond donors (Lipinski definition) is 1. The van der Waals surface area contributed by atoms with E-state index in [-0.39, 0.29) is 12.4 Å². The van der Waals surface area contributed by atoms with Gasteiger partial charge < -0.3 is 9.84 Å². The number of nitrogens with zero attached hydrogens (tertiary/aromatic N) is 3. The molecule has 0 aliphatic heterocycles. The molecular weight excluding hydrogens is 298 g/mol. The summed E-state index contributed by atoms with van der Waals surface area (Å²) in [6.07, 6.45) is 1.13. The van der Waals surface area contributed by atoms with Crippen LogP contribution in [-0.4, -0.2) is 38.6 Å². The van der Waals surface area contributed by atoms with Crippen LogP contribution >= 0.6 is 0 Å². The molecule has 0 saturated carbocycles. The third kappa shape index (κ3) is 4.15. The van der Waals surface area contributed by atoms with Gasteiger partial charge in [0, 0.05) is 6.42 Å². The summed E-state index contributed by atoms with van der Waals surface area (Å²) in [5.41, 5.74) is 2.67. The van der Waals surface area contributed by atoms with E-state index in [9.17, 15) is 9.59 Å². The molecule has 1 N–H and O–H groups in total. The minimum absolute atomic E-state index is 0.0156. The SMILES string of the molecule is CCCOC(=O)c1ccc(-n2nnc(CCC(=O)O)c2C)cc1. The number of aryl methyl sites for hydroxylation is 1. The zero-order valence-electron chi connectivity index (χ0n) is 13.2. The van der Waals surface area contributed by atoms with E-state index in [1.54, 1.807) is 28.9 Å². The number of carbonyl (C=O) groups excluding carboxylic acids is 1. The van der Waals surface area contributed by atoms with Crippen molar-refractivity contribution in [2.45, 2.75) is 33.1 Å². The first kappa shape index (κ1) is 16.7. The summed E-state index contributed by atoms with van der Waals surface area (Å²) in [5, 5.41) is 16.8. The Hall–Kier alpha value is -2.70. The van der Waals surface area contributed by atoms with Gasteiger partial charge in [0.05, 0.1) is 35.7 Å². The molecule has 23 heavy (non-hydrogen) atoms. The quantitative estimate of drug-likeness (QED) is 0.786. The zero-order chi connectivity index (χ0) is 16.8. The van der Waals surface area contributed by atoms with Crippen molar-refractivity contribution < 1.29 is 19.4 Å². The number of ether oxygens (including phenoxy) is 1. The molecule has 7 heteroatoms. The van der Waals surface area contributed by atoms with Crippen LogP contribution in [0.1, 0.15) is 41.5 Å². The molecule has 0 bridgehead atoms. The molecule has 1 aromatic heterocycles. The molecule has 1 heterocycles. The molecule has 0 saturated heterocycles. The van der Waals surface area contributed by atoms with Gasteiger partial charge in [-0.3, -0.25) is 4.79 Å². The number of carboxylic acids is 1. The predicted octanol–water partition coefficient (Wildman–Crippen LogP) is 2.16. The van der Waals surface area contributed by atoms with Gasteiger partial charge in [-0.05, 0) is 37.6 Å². The van der Waals surface area contributed by atoms with Crippen LogP contribution in [0.15, 0.2) is 24.3 Å². The topological polar surface area (TPSA) is 94.3 Å². The number of benzene rings is 1. The number of esters is 1. The minimum atomic E-state index is -0.867. The number of carboxylic acid groups (broad SMARTS) is 1. The molecule has 0 fully saturated rings. The first-order valence-corrected chi connectivity index (χ1v) is 7.43. The van der Waals surface area contributed by atoms with Crippen molar-refractivity contribution in [3.05, 3.63) is 41.2 Å². The van der Waals surface area contributed by atoms with Crippen molar-refractivity contribution in [1.29, 1.82) is 0 Å². The Morgan fingerprint density at radius 3 is 2.57 bits per heavy atom. The van der Waals surface area contributed by atoms with Crippen molar-refractivity contribution in [3.8, 4) is 5.69 Å². The van der Waals surface area contributed by atoms with Crippen molar-refractivity contribution in [1.82, 2.24) is 15.0 Å². The molecule has 0 amide bonds. The van der Waals surface area contributed by atoms with E-state index in [1.807, 2.05) is 13.8 Å². The van der Waals surface area contributed by atoms with E-state index >= 15 is 0 Å². The summed E-state index contributed by atoms with van der Waals surface area (Å²) in [6, 6.07) is 6.85. The normalized spacial score (nSPS) is 10.5. The molecule has 2 rings (SSSR count). The zero-order valence-corrected chi connectivity index (χ0v) is 13.2. The molecule has 0 unspecified atom stereocenters. The average molecular weight is 317 g/mol. The van der Waals surface area contributed by atoms with Gasteiger partial charge in [0.1, 0.15) is 0 Å². The number of hydrogen-bond acceptors (Lipinski definition) is 5. The average Bonchev–Trinajstić information content (AvgIpc) is 2.91. The molecule has 0 spiro atoms. The highest BCUT2D eigenvalue weighted by molar-refractivity contribution is 5.89. The van der Waals surface area contributed by atoms with Gasteiger partial charge in [0.2, 0.25) is 0 Å². The predicted molar refractivity (Wildman–Crippen MR) is 82.6 cm³/mol. The van der Waals surface area contributed by atoms with Gasteiger partial charge in [-0.2, -0.15) is 0 Å². The number of carbonyl (C=O) groups is 2. The van der Waals surface area contributed by atoms with Crippen LogP contribution in [0.3, 0.4) is 0 Å². The summed E-state index contributed by atoms with van der Waals surface area (Å²) in [6.45, 7) is 4.17. The lowest BCUT2D eigenvalue weighted by atomic mass is 10.2. The van der Waals surface area contributed by atoms with Crippen molar-refractivity contribution in [2.75, 3.05) is 6.61 Å². The van der Waals surface area contributed by atoms with Gasteiger partial charge in [0.25, 0.3) is 0 Å². The fraction of sp³-hybridized carbons (Fsp3) is 0.375. The second-order valence-electron chi connectivity index (χ2n) is 5.11. The minimum Gasteiger partial charge on any atom is -0.481 e. The molecule has 0 aliphatic carbocycles. The molecule has 2 aromatic rings. The smallest absolute Gasteiger partial charge is 0.338 e. The Kier molecular flexibility index (Phi) is 5.46. The maximum atomic E-state index is 11.8. The fourth-order valence-electron chi connectivity index (χ4n) is 2.08. The van der Waals surface area contributed by atoms with Crippen LogP contribution in [0.5, 0.6) is 0 Å². The third-order valence-electron chi connectivity index (χ3n) is 3.35. The van der Waals surface area contributed by atoms with Gasteiger partial charge >= 0.3 is 11.9 Å². The lowest BCUT2D eigenvalue weighted by Crippen LogP contribution is -2.06. The first-order chi connectivity index (χ1) is 11.0. The number of aromatic nitrogens is 3. The Bertz CT molecular complexity index is 692. The molecule has 0 radical (unpaired) electrons. The summed E-state index contributed by atoms with van der Waals surface area (Å²) < 4.78 is 6.70. The summed E-state index contributed by atoms with van der Waals surface area (Å²) in [5.74, 6) is -1.22. The van der Waals surface area contributed by atoms with Crippen LogP contribution in [0.25, 0.3) is 5.69 Å². The summed E-state index contributed by atoms with van der Waals surface area (Å²) in [7, 11) is 0. The fourth-order valence-corrected chi connectivity index (χ4v) is 2.08. The Morgan fingerprint density at radius 2 is 1.96 bits per heavy atom. The van der Waals surface area contributed by atoms with Crippen LogP contribution in [0, 0.1) is 6.92 Å². The first-order valence-electron chi connectivity index (χ1n) is 7.43.